The smallest absolute Gasteiger partial charge is 0.185 e. The maximum absolute atomic E-state index is 11.9. The summed E-state index contributed by atoms with van der Waals surface area (Å²) in [5.41, 5.74) is 0.280. The summed E-state index contributed by atoms with van der Waals surface area (Å²) in [6, 6.07) is 0. The summed E-state index contributed by atoms with van der Waals surface area (Å²) in [7, 11) is 3.43. The Hall–Kier alpha value is -1.17. The molecule has 0 heterocycles. The van der Waals surface area contributed by atoms with E-state index in [1.807, 2.05) is 14.0 Å². The molecule has 0 aromatic rings. The predicted octanol–water partition coefficient (Wildman–Crippen LogP) is 0.724. The molecule has 0 spiro atoms. The van der Waals surface area contributed by atoms with Crippen molar-refractivity contribution in [1.29, 1.82) is 0 Å². The van der Waals surface area contributed by atoms with Crippen molar-refractivity contribution in [2.45, 2.75) is 39.1 Å². The third kappa shape index (κ3) is 7.77. The normalized spacial score (nSPS) is 17.3. The topological polar surface area (TPSA) is 70.0 Å². The number of rotatable bonds is 8. The summed E-state index contributed by atoms with van der Waals surface area (Å²) in [5.74, 6) is -0.312. The maximum Gasteiger partial charge on any atom is 0.185 e. The first-order valence-corrected chi connectivity index (χ1v) is 6.31. The van der Waals surface area contributed by atoms with E-state index in [2.05, 4.69) is 0 Å². The van der Waals surface area contributed by atoms with Crippen LogP contribution in [0.4, 0.5) is 0 Å². The zero-order chi connectivity index (χ0) is 15.0. The highest BCUT2D eigenvalue weighted by Crippen LogP contribution is 2.07. The SMILES string of the molecule is COC(C)CN(C)/C=C(\C(=O)/C=C/C(C)O)C(C)O. The lowest BCUT2D eigenvalue weighted by atomic mass is 10.1. The summed E-state index contributed by atoms with van der Waals surface area (Å²) in [6.07, 6.45) is 2.73. The van der Waals surface area contributed by atoms with Gasteiger partial charge in [0.2, 0.25) is 0 Å². The van der Waals surface area contributed by atoms with Gasteiger partial charge in [-0.25, -0.2) is 0 Å². The quantitative estimate of drug-likeness (QED) is 0.637. The number of nitrogens with zero attached hydrogens (tertiary/aromatic N) is 1. The molecule has 0 aliphatic carbocycles. The fourth-order valence-corrected chi connectivity index (χ4v) is 1.47. The molecule has 0 radical (unpaired) electrons. The van der Waals surface area contributed by atoms with Crippen molar-refractivity contribution in [3.8, 4) is 0 Å². The van der Waals surface area contributed by atoms with Crippen LogP contribution in [-0.4, -0.2) is 59.9 Å². The van der Waals surface area contributed by atoms with Gasteiger partial charge in [0.05, 0.1) is 18.3 Å². The first-order valence-electron chi connectivity index (χ1n) is 6.31. The monoisotopic (exact) mass is 271 g/mol. The van der Waals surface area contributed by atoms with Crippen molar-refractivity contribution in [2.24, 2.45) is 0 Å². The zero-order valence-electron chi connectivity index (χ0n) is 12.3. The van der Waals surface area contributed by atoms with E-state index in [1.165, 1.54) is 19.1 Å². The van der Waals surface area contributed by atoms with Gasteiger partial charge in [0.25, 0.3) is 0 Å². The van der Waals surface area contributed by atoms with Gasteiger partial charge in [0.1, 0.15) is 0 Å². The molecule has 0 fully saturated rings. The lowest BCUT2D eigenvalue weighted by Gasteiger charge is -2.20. The Labute approximate surface area is 115 Å². The lowest BCUT2D eigenvalue weighted by Crippen LogP contribution is -2.26. The molecule has 5 nitrogen and oxygen atoms in total. The van der Waals surface area contributed by atoms with Gasteiger partial charge in [-0.15, -0.1) is 0 Å². The first kappa shape index (κ1) is 17.8. The minimum Gasteiger partial charge on any atom is -0.389 e. The molecule has 0 aromatic heterocycles. The van der Waals surface area contributed by atoms with Gasteiger partial charge in [0, 0.05) is 32.5 Å². The van der Waals surface area contributed by atoms with E-state index >= 15 is 0 Å². The van der Waals surface area contributed by atoms with E-state index < -0.39 is 12.2 Å². The van der Waals surface area contributed by atoms with Crippen LogP contribution in [0.15, 0.2) is 23.9 Å². The van der Waals surface area contributed by atoms with Gasteiger partial charge < -0.3 is 19.8 Å². The summed E-state index contributed by atoms with van der Waals surface area (Å²) in [4.78, 5) is 13.7. The number of aliphatic hydroxyl groups excluding tert-OH is 2. The number of aliphatic hydroxyl groups is 2. The lowest BCUT2D eigenvalue weighted by molar-refractivity contribution is -0.112. The second kappa shape index (κ2) is 8.85. The molecule has 0 aliphatic heterocycles. The van der Waals surface area contributed by atoms with Crippen molar-refractivity contribution in [1.82, 2.24) is 4.90 Å². The first-order chi connectivity index (χ1) is 8.77. The fraction of sp³-hybridized carbons (Fsp3) is 0.643. The second-order valence-electron chi connectivity index (χ2n) is 4.71. The Bertz CT molecular complexity index is 334. The molecule has 0 aromatic carbocycles. The van der Waals surface area contributed by atoms with Crippen molar-refractivity contribution in [2.75, 3.05) is 20.7 Å². The largest absolute Gasteiger partial charge is 0.389 e. The number of likely N-dealkylation sites (N-methyl/N-ethyl adjacent to an activating group) is 1. The highest BCUT2D eigenvalue weighted by Gasteiger charge is 2.14. The number of carbonyl (C=O) groups excluding carboxylic acids is 1. The fourth-order valence-electron chi connectivity index (χ4n) is 1.47. The summed E-state index contributed by atoms with van der Waals surface area (Å²) in [6.45, 7) is 5.62. The molecule has 0 aliphatic rings. The number of allylic oxidation sites excluding steroid dienone is 1. The average molecular weight is 271 g/mol. The predicted molar refractivity (Wildman–Crippen MR) is 74.7 cm³/mol. The molecule has 0 amide bonds. The molecular weight excluding hydrogens is 246 g/mol. The van der Waals surface area contributed by atoms with Crippen LogP contribution in [-0.2, 0) is 9.53 Å². The van der Waals surface area contributed by atoms with Crippen LogP contribution in [0.1, 0.15) is 20.8 Å². The molecule has 0 saturated heterocycles. The van der Waals surface area contributed by atoms with Gasteiger partial charge in [-0.1, -0.05) is 6.08 Å². The van der Waals surface area contributed by atoms with Crippen LogP contribution >= 0.6 is 0 Å². The van der Waals surface area contributed by atoms with E-state index in [0.29, 0.717) is 6.54 Å². The molecule has 2 N–H and O–H groups in total. The van der Waals surface area contributed by atoms with E-state index in [1.54, 1.807) is 25.1 Å². The number of hydrogen-bond donors (Lipinski definition) is 2. The van der Waals surface area contributed by atoms with Gasteiger partial charge in [-0.05, 0) is 26.8 Å². The Morgan fingerprint density at radius 2 is 1.89 bits per heavy atom. The minimum absolute atomic E-state index is 0.0274. The number of ether oxygens (including phenoxy) is 1. The minimum atomic E-state index is -0.869. The molecule has 3 atom stereocenters. The molecular formula is C14H25NO4. The molecule has 0 bridgehead atoms. The van der Waals surface area contributed by atoms with Crippen LogP contribution in [0, 0.1) is 0 Å². The van der Waals surface area contributed by atoms with Gasteiger partial charge in [-0.3, -0.25) is 4.79 Å². The van der Waals surface area contributed by atoms with Crippen molar-refractivity contribution in [3.63, 3.8) is 0 Å². The van der Waals surface area contributed by atoms with Crippen LogP contribution in [0.3, 0.4) is 0 Å². The summed E-state index contributed by atoms with van der Waals surface area (Å²) >= 11 is 0. The third-order valence-electron chi connectivity index (χ3n) is 2.57. The van der Waals surface area contributed by atoms with Crippen LogP contribution < -0.4 is 0 Å². The van der Waals surface area contributed by atoms with E-state index in [0.717, 1.165) is 0 Å². The van der Waals surface area contributed by atoms with E-state index in [-0.39, 0.29) is 17.5 Å². The van der Waals surface area contributed by atoms with Crippen LogP contribution in [0.2, 0.25) is 0 Å². The third-order valence-corrected chi connectivity index (χ3v) is 2.57. The Balaban J connectivity index is 4.85. The molecule has 110 valence electrons. The molecule has 0 rings (SSSR count). The zero-order valence-corrected chi connectivity index (χ0v) is 12.3. The van der Waals surface area contributed by atoms with Gasteiger partial charge in [0.15, 0.2) is 5.78 Å². The number of ketones is 1. The maximum atomic E-state index is 11.9. The average Bonchev–Trinajstić information content (AvgIpc) is 2.32. The Morgan fingerprint density at radius 1 is 1.32 bits per heavy atom. The summed E-state index contributed by atoms with van der Waals surface area (Å²) in [5, 5.41) is 18.8. The Kier molecular flexibility index (Phi) is 8.30. The number of methoxy groups -OCH3 is 1. The second-order valence-corrected chi connectivity index (χ2v) is 4.71. The highest BCUT2D eigenvalue weighted by molar-refractivity contribution is 6.04. The number of hydrogen-bond acceptors (Lipinski definition) is 5. The van der Waals surface area contributed by atoms with Crippen LogP contribution in [0.25, 0.3) is 0 Å². The number of carbonyl (C=O) groups is 1. The van der Waals surface area contributed by atoms with Gasteiger partial charge >= 0.3 is 0 Å². The molecule has 0 saturated carbocycles. The molecule has 3 unspecified atom stereocenters. The van der Waals surface area contributed by atoms with Gasteiger partial charge in [-0.2, -0.15) is 0 Å². The molecule has 19 heavy (non-hydrogen) atoms. The standard InChI is InChI=1S/C14H25NO4/c1-10(16)6-7-14(18)13(12(3)17)9-15(4)8-11(2)19-5/h6-7,9-12,16-17H,8H2,1-5H3/b7-6+,13-9-. The molecule has 5 heteroatoms. The Morgan fingerprint density at radius 3 is 2.32 bits per heavy atom. The van der Waals surface area contributed by atoms with Crippen molar-refractivity contribution < 1.29 is 19.7 Å². The van der Waals surface area contributed by atoms with E-state index in [4.69, 9.17) is 9.84 Å². The summed E-state index contributed by atoms with van der Waals surface area (Å²) < 4.78 is 5.14. The van der Waals surface area contributed by atoms with Crippen LogP contribution in [0.5, 0.6) is 0 Å². The van der Waals surface area contributed by atoms with Crippen molar-refractivity contribution in [3.05, 3.63) is 23.9 Å². The van der Waals surface area contributed by atoms with E-state index in [9.17, 15) is 9.90 Å². The highest BCUT2D eigenvalue weighted by atomic mass is 16.5. The van der Waals surface area contributed by atoms with Crippen molar-refractivity contribution >= 4 is 5.78 Å².